The molecule has 3 aromatic rings. The molecule has 1 aliphatic heterocycles. The van der Waals surface area contributed by atoms with Gasteiger partial charge in [0.2, 0.25) is 0 Å². The fraction of sp³-hybridized carbons (Fsp3) is 0.240. The van der Waals surface area contributed by atoms with E-state index in [1.807, 2.05) is 13.8 Å². The van der Waals surface area contributed by atoms with Gasteiger partial charge in [-0.25, -0.2) is 12.8 Å². The Balaban J connectivity index is 1.49. The Morgan fingerprint density at radius 2 is 1.74 bits per heavy atom. The molecule has 0 aromatic heterocycles. The Morgan fingerprint density at radius 3 is 2.44 bits per heavy atom. The highest BCUT2D eigenvalue weighted by molar-refractivity contribution is 7.92. The smallest absolute Gasteiger partial charge is 0.264 e. The van der Waals surface area contributed by atoms with E-state index in [9.17, 15) is 17.6 Å². The summed E-state index contributed by atoms with van der Waals surface area (Å²) in [6, 6.07) is 17.3. The van der Waals surface area contributed by atoms with Crippen molar-refractivity contribution in [1.82, 2.24) is 5.32 Å². The minimum atomic E-state index is -3.92. The molecule has 0 spiro atoms. The highest BCUT2D eigenvalue weighted by Crippen LogP contribution is 2.37. The number of benzene rings is 3. The summed E-state index contributed by atoms with van der Waals surface area (Å²) in [5.41, 5.74) is 2.20. The first-order valence-electron chi connectivity index (χ1n) is 10.8. The minimum Gasteiger partial charge on any atom is -0.492 e. The van der Waals surface area contributed by atoms with Gasteiger partial charge in [0.05, 0.1) is 23.7 Å². The van der Waals surface area contributed by atoms with Crippen molar-refractivity contribution in [2.45, 2.75) is 24.8 Å². The topological polar surface area (TPSA) is 84.9 Å². The van der Waals surface area contributed by atoms with Gasteiger partial charge in [-0.3, -0.25) is 9.10 Å². The first-order chi connectivity index (χ1) is 16.2. The number of nitrogens with one attached hydrogen (secondary N) is 1. The number of ether oxygens (including phenoxy) is 2. The number of hydrogen-bond donors (Lipinski definition) is 1. The minimum absolute atomic E-state index is 0.137. The number of carbonyl (C=O) groups excluding carboxylic acids is 1. The van der Waals surface area contributed by atoms with Crippen molar-refractivity contribution < 1.29 is 27.1 Å². The molecule has 1 atom stereocenters. The van der Waals surface area contributed by atoms with Gasteiger partial charge < -0.3 is 14.8 Å². The van der Waals surface area contributed by atoms with E-state index in [2.05, 4.69) is 5.32 Å². The molecule has 7 nitrogen and oxygen atoms in total. The quantitative estimate of drug-likeness (QED) is 0.518. The number of nitrogens with zero attached hydrogens (tertiary/aromatic N) is 1. The normalized spacial score (nSPS) is 15.3. The third kappa shape index (κ3) is 5.14. The van der Waals surface area contributed by atoms with Crippen LogP contribution in [-0.2, 0) is 14.8 Å². The number of sulfonamides is 1. The van der Waals surface area contributed by atoms with Gasteiger partial charge in [0, 0.05) is 0 Å². The number of fused-ring (bicyclic) bond motifs is 1. The molecule has 4 rings (SSSR count). The van der Waals surface area contributed by atoms with E-state index < -0.39 is 22.0 Å². The summed E-state index contributed by atoms with van der Waals surface area (Å²) in [5, 5.41) is 2.71. The average molecular weight is 485 g/mol. The predicted octanol–water partition coefficient (Wildman–Crippen LogP) is 3.59. The van der Waals surface area contributed by atoms with Crippen molar-refractivity contribution in [2.24, 2.45) is 0 Å². The summed E-state index contributed by atoms with van der Waals surface area (Å²) < 4.78 is 52.5. The standard InChI is InChI=1S/C25H25FN2O5S/c1-17-3-10-21(11-4-17)34(30,31)28-16-24(33-23-15-18(2)5-12-22(23)28)25(29)27-13-14-32-20-8-6-19(26)7-9-20/h3-12,15,24H,13-14,16H2,1-2H3,(H,27,29)/t24-/m0/s1. The Kier molecular flexibility index (Phi) is 6.74. The van der Waals surface area contributed by atoms with Crippen LogP contribution in [0.5, 0.6) is 11.5 Å². The van der Waals surface area contributed by atoms with Crippen molar-refractivity contribution in [3.63, 3.8) is 0 Å². The number of amides is 1. The van der Waals surface area contributed by atoms with Gasteiger partial charge in [-0.2, -0.15) is 0 Å². The molecule has 1 N–H and O–H groups in total. The molecule has 0 unspecified atom stereocenters. The Morgan fingerprint density at radius 1 is 1.06 bits per heavy atom. The zero-order valence-corrected chi connectivity index (χ0v) is 19.6. The third-order valence-corrected chi connectivity index (χ3v) is 7.16. The molecule has 0 fully saturated rings. The maximum atomic E-state index is 13.4. The fourth-order valence-corrected chi connectivity index (χ4v) is 5.03. The van der Waals surface area contributed by atoms with Crippen LogP contribution >= 0.6 is 0 Å². The molecule has 0 radical (unpaired) electrons. The lowest BCUT2D eigenvalue weighted by molar-refractivity contribution is -0.127. The number of anilines is 1. The van der Waals surface area contributed by atoms with E-state index in [1.165, 1.54) is 28.6 Å². The van der Waals surface area contributed by atoms with E-state index in [-0.39, 0.29) is 30.4 Å². The van der Waals surface area contributed by atoms with Crippen molar-refractivity contribution in [1.29, 1.82) is 0 Å². The molecule has 34 heavy (non-hydrogen) atoms. The summed E-state index contributed by atoms with van der Waals surface area (Å²) in [5.74, 6) is -0.0243. The lowest BCUT2D eigenvalue weighted by atomic mass is 10.1. The van der Waals surface area contributed by atoms with Crippen molar-refractivity contribution in [3.8, 4) is 11.5 Å². The average Bonchev–Trinajstić information content (AvgIpc) is 2.82. The number of hydrogen-bond acceptors (Lipinski definition) is 5. The van der Waals surface area contributed by atoms with Crippen LogP contribution < -0.4 is 19.1 Å². The van der Waals surface area contributed by atoms with Gasteiger partial charge in [0.15, 0.2) is 6.10 Å². The molecule has 1 aliphatic rings. The van der Waals surface area contributed by atoms with Crippen LogP contribution in [0.3, 0.4) is 0 Å². The summed E-state index contributed by atoms with van der Waals surface area (Å²) in [7, 11) is -3.92. The van der Waals surface area contributed by atoms with Gasteiger partial charge in [-0.15, -0.1) is 0 Å². The third-order valence-electron chi connectivity index (χ3n) is 5.37. The SMILES string of the molecule is Cc1ccc(S(=O)(=O)N2C[C@@H](C(=O)NCCOc3ccc(F)cc3)Oc3cc(C)ccc32)cc1. The van der Waals surface area contributed by atoms with Gasteiger partial charge in [-0.05, 0) is 67.9 Å². The second-order valence-electron chi connectivity index (χ2n) is 8.02. The number of carbonyl (C=O) groups is 1. The molecule has 0 saturated heterocycles. The number of rotatable bonds is 7. The molecular formula is C25H25FN2O5S. The summed E-state index contributed by atoms with van der Waals surface area (Å²) in [6.45, 7) is 3.89. The van der Waals surface area contributed by atoms with Crippen LogP contribution in [0.1, 0.15) is 11.1 Å². The molecule has 0 aliphatic carbocycles. The molecule has 9 heteroatoms. The van der Waals surface area contributed by atoms with E-state index >= 15 is 0 Å². The molecule has 0 saturated carbocycles. The maximum Gasteiger partial charge on any atom is 0.264 e. The molecule has 3 aromatic carbocycles. The highest BCUT2D eigenvalue weighted by Gasteiger charge is 2.37. The van der Waals surface area contributed by atoms with Crippen LogP contribution in [-0.4, -0.2) is 40.1 Å². The number of halogens is 1. The predicted molar refractivity (Wildman–Crippen MR) is 126 cm³/mol. The Labute approximate surface area is 198 Å². The van der Waals surface area contributed by atoms with Crippen molar-refractivity contribution in [3.05, 3.63) is 83.7 Å². The van der Waals surface area contributed by atoms with E-state index in [0.29, 0.717) is 17.2 Å². The van der Waals surface area contributed by atoms with Crippen LogP contribution in [0, 0.1) is 19.7 Å². The Bertz CT molecular complexity index is 1280. The summed E-state index contributed by atoms with van der Waals surface area (Å²) in [6.07, 6.45) is -1.04. The lowest BCUT2D eigenvalue weighted by Gasteiger charge is -2.35. The summed E-state index contributed by atoms with van der Waals surface area (Å²) in [4.78, 5) is 13.0. The van der Waals surface area contributed by atoms with Crippen molar-refractivity contribution in [2.75, 3.05) is 24.0 Å². The monoisotopic (exact) mass is 484 g/mol. The van der Waals surface area contributed by atoms with Gasteiger partial charge in [0.1, 0.15) is 23.9 Å². The van der Waals surface area contributed by atoms with E-state index in [1.54, 1.807) is 42.5 Å². The van der Waals surface area contributed by atoms with Crippen LogP contribution in [0.25, 0.3) is 0 Å². The Hall–Kier alpha value is -3.59. The van der Waals surface area contributed by atoms with Crippen molar-refractivity contribution >= 4 is 21.6 Å². The molecule has 1 heterocycles. The van der Waals surface area contributed by atoms with E-state index in [0.717, 1.165) is 11.1 Å². The fourth-order valence-electron chi connectivity index (χ4n) is 3.55. The van der Waals surface area contributed by atoms with Gasteiger partial charge in [-0.1, -0.05) is 23.8 Å². The molecular weight excluding hydrogens is 459 g/mol. The van der Waals surface area contributed by atoms with Gasteiger partial charge in [0.25, 0.3) is 15.9 Å². The van der Waals surface area contributed by atoms with Gasteiger partial charge >= 0.3 is 0 Å². The lowest BCUT2D eigenvalue weighted by Crippen LogP contribution is -2.51. The first-order valence-corrected chi connectivity index (χ1v) is 12.2. The highest BCUT2D eigenvalue weighted by atomic mass is 32.2. The van der Waals surface area contributed by atoms with E-state index in [4.69, 9.17) is 9.47 Å². The zero-order chi connectivity index (χ0) is 24.3. The second-order valence-corrected chi connectivity index (χ2v) is 9.88. The largest absolute Gasteiger partial charge is 0.492 e. The first kappa shape index (κ1) is 23.6. The summed E-state index contributed by atoms with van der Waals surface area (Å²) >= 11 is 0. The van der Waals surface area contributed by atoms with Crippen LogP contribution in [0.2, 0.25) is 0 Å². The van der Waals surface area contributed by atoms with Crippen LogP contribution in [0.15, 0.2) is 71.6 Å². The molecule has 1 amide bonds. The number of aryl methyl sites for hydroxylation is 2. The zero-order valence-electron chi connectivity index (χ0n) is 18.8. The maximum absolute atomic E-state index is 13.4. The molecule has 178 valence electrons. The second kappa shape index (κ2) is 9.72. The molecule has 0 bridgehead atoms. The van der Waals surface area contributed by atoms with Crippen LogP contribution in [0.4, 0.5) is 10.1 Å².